The van der Waals surface area contributed by atoms with E-state index in [2.05, 4.69) is 30.2 Å². The topological polar surface area (TPSA) is 75.3 Å². The summed E-state index contributed by atoms with van der Waals surface area (Å²) in [7, 11) is 0. The average Bonchev–Trinajstić information content (AvgIpc) is 3.06. The molecule has 1 fully saturated rings. The fourth-order valence-corrected chi connectivity index (χ4v) is 2.74. The minimum atomic E-state index is -4.60. The van der Waals surface area contributed by atoms with Crippen LogP contribution in [0.25, 0.3) is 5.65 Å². The second-order valence-corrected chi connectivity index (χ2v) is 5.52. The molecule has 0 amide bonds. The molecule has 0 spiro atoms. The zero-order valence-electron chi connectivity index (χ0n) is 12.9. The van der Waals surface area contributed by atoms with Crippen molar-refractivity contribution in [2.45, 2.75) is 6.18 Å². The highest BCUT2D eigenvalue weighted by molar-refractivity contribution is 5.48. The van der Waals surface area contributed by atoms with Gasteiger partial charge in [0.2, 0.25) is 0 Å². The number of hydrogen-bond acceptors (Lipinski definition) is 7. The smallest absolute Gasteiger partial charge is 0.352 e. The third kappa shape index (κ3) is 2.92. The Bertz CT molecular complexity index is 871. The Morgan fingerprint density at radius 2 is 1.60 bits per heavy atom. The summed E-state index contributed by atoms with van der Waals surface area (Å²) in [5.41, 5.74) is 0.0641. The van der Waals surface area contributed by atoms with Crippen molar-refractivity contribution in [1.82, 2.24) is 29.8 Å². The lowest BCUT2D eigenvalue weighted by molar-refractivity contribution is -0.146. The Hall–Kier alpha value is -2.98. The zero-order valence-corrected chi connectivity index (χ0v) is 12.9. The highest BCUT2D eigenvalue weighted by atomic mass is 19.4. The Morgan fingerprint density at radius 3 is 2.24 bits per heavy atom. The molecule has 1 aliphatic heterocycles. The third-order valence-corrected chi connectivity index (χ3v) is 3.98. The first-order valence-corrected chi connectivity index (χ1v) is 7.58. The SMILES string of the molecule is FC(F)(F)c1nnc2ccc(N3CCN(c4cnccn4)CC3)nn12. The lowest BCUT2D eigenvalue weighted by Gasteiger charge is -2.35. The highest BCUT2D eigenvalue weighted by Crippen LogP contribution is 2.28. The van der Waals surface area contributed by atoms with Crippen LogP contribution in [0.2, 0.25) is 0 Å². The molecule has 4 rings (SSSR count). The van der Waals surface area contributed by atoms with E-state index >= 15 is 0 Å². The van der Waals surface area contributed by atoms with Crippen molar-refractivity contribution in [3.63, 3.8) is 0 Å². The van der Waals surface area contributed by atoms with E-state index < -0.39 is 12.0 Å². The molecule has 0 radical (unpaired) electrons. The molecular formula is C14H13F3N8. The number of piperazine rings is 1. The molecule has 0 aromatic carbocycles. The number of hydrogen-bond donors (Lipinski definition) is 0. The van der Waals surface area contributed by atoms with Crippen LogP contribution in [0.1, 0.15) is 5.82 Å². The van der Waals surface area contributed by atoms with Crippen LogP contribution in [0.4, 0.5) is 24.8 Å². The Balaban J connectivity index is 1.55. The van der Waals surface area contributed by atoms with Crippen LogP contribution in [0.3, 0.4) is 0 Å². The van der Waals surface area contributed by atoms with Crippen LogP contribution in [0.5, 0.6) is 0 Å². The Morgan fingerprint density at radius 1 is 0.880 bits per heavy atom. The number of halogens is 3. The van der Waals surface area contributed by atoms with Crippen LogP contribution in [-0.2, 0) is 6.18 Å². The number of nitrogens with zero attached hydrogens (tertiary/aromatic N) is 8. The van der Waals surface area contributed by atoms with E-state index in [1.165, 1.54) is 6.07 Å². The van der Waals surface area contributed by atoms with Crippen molar-refractivity contribution in [2.75, 3.05) is 36.0 Å². The van der Waals surface area contributed by atoms with E-state index in [0.717, 1.165) is 10.3 Å². The predicted molar refractivity (Wildman–Crippen MR) is 82.2 cm³/mol. The molecule has 0 atom stereocenters. The predicted octanol–water partition coefficient (Wildman–Crippen LogP) is 1.26. The monoisotopic (exact) mass is 350 g/mol. The summed E-state index contributed by atoms with van der Waals surface area (Å²) in [5.74, 6) is 0.114. The maximum absolute atomic E-state index is 13.0. The van der Waals surface area contributed by atoms with Gasteiger partial charge in [0, 0.05) is 38.6 Å². The summed E-state index contributed by atoms with van der Waals surface area (Å²) in [6.07, 6.45) is 0.320. The Labute approximate surface area is 139 Å². The standard InChI is InChI=1S/C14H13F3N8/c15-14(16,17)13-21-20-10-1-2-11(22-25(10)13)23-5-7-24(8-6-23)12-9-18-3-4-19-12/h1-4,9H,5-8H2. The molecule has 0 saturated carbocycles. The molecule has 0 unspecified atom stereocenters. The molecule has 1 aliphatic rings. The van der Waals surface area contributed by atoms with Gasteiger partial charge in [-0.25, -0.2) is 4.98 Å². The normalized spacial score (nSPS) is 15.8. The second kappa shape index (κ2) is 5.83. The fourth-order valence-electron chi connectivity index (χ4n) is 2.74. The summed E-state index contributed by atoms with van der Waals surface area (Å²) in [6.45, 7) is 2.57. The van der Waals surface area contributed by atoms with Crippen LogP contribution in [0, 0.1) is 0 Å². The van der Waals surface area contributed by atoms with E-state index in [-0.39, 0.29) is 5.65 Å². The second-order valence-electron chi connectivity index (χ2n) is 5.52. The van der Waals surface area contributed by atoms with E-state index in [1.807, 2.05) is 4.90 Å². The number of aromatic nitrogens is 6. The summed E-state index contributed by atoms with van der Waals surface area (Å²) in [5, 5.41) is 10.8. The summed E-state index contributed by atoms with van der Waals surface area (Å²) in [4.78, 5) is 12.3. The van der Waals surface area contributed by atoms with Crippen molar-refractivity contribution < 1.29 is 13.2 Å². The van der Waals surface area contributed by atoms with E-state index in [4.69, 9.17) is 0 Å². The van der Waals surface area contributed by atoms with Crippen LogP contribution in [-0.4, -0.2) is 56.0 Å². The molecule has 0 aliphatic carbocycles. The molecule has 3 aromatic heterocycles. The summed E-state index contributed by atoms with van der Waals surface area (Å²) < 4.78 is 39.6. The van der Waals surface area contributed by atoms with Gasteiger partial charge in [0.1, 0.15) is 11.6 Å². The van der Waals surface area contributed by atoms with Crippen LogP contribution >= 0.6 is 0 Å². The first kappa shape index (κ1) is 15.5. The van der Waals surface area contributed by atoms with Gasteiger partial charge in [0.15, 0.2) is 5.65 Å². The molecule has 25 heavy (non-hydrogen) atoms. The lowest BCUT2D eigenvalue weighted by Crippen LogP contribution is -2.47. The van der Waals surface area contributed by atoms with Gasteiger partial charge in [0.25, 0.3) is 5.82 Å². The first-order chi connectivity index (χ1) is 12.0. The molecule has 130 valence electrons. The fraction of sp³-hybridized carbons (Fsp3) is 0.357. The zero-order chi connectivity index (χ0) is 17.4. The van der Waals surface area contributed by atoms with Crippen LogP contribution in [0.15, 0.2) is 30.7 Å². The summed E-state index contributed by atoms with van der Waals surface area (Å²) >= 11 is 0. The summed E-state index contributed by atoms with van der Waals surface area (Å²) in [6, 6.07) is 3.14. The molecule has 1 saturated heterocycles. The highest BCUT2D eigenvalue weighted by Gasteiger charge is 2.37. The van der Waals surface area contributed by atoms with Gasteiger partial charge in [0.05, 0.1) is 6.20 Å². The molecule has 8 nitrogen and oxygen atoms in total. The van der Waals surface area contributed by atoms with Gasteiger partial charge >= 0.3 is 6.18 Å². The average molecular weight is 350 g/mol. The van der Waals surface area contributed by atoms with Gasteiger partial charge in [-0.15, -0.1) is 15.3 Å². The van der Waals surface area contributed by atoms with E-state index in [9.17, 15) is 13.2 Å². The molecule has 11 heteroatoms. The minimum absolute atomic E-state index is 0.0641. The van der Waals surface area contributed by atoms with Gasteiger partial charge in [-0.3, -0.25) is 4.98 Å². The van der Waals surface area contributed by atoms with Gasteiger partial charge in [-0.1, -0.05) is 0 Å². The maximum atomic E-state index is 13.0. The molecule has 4 heterocycles. The molecule has 3 aromatic rings. The molecule has 0 N–H and O–H groups in total. The molecule has 0 bridgehead atoms. The Kier molecular flexibility index (Phi) is 3.62. The van der Waals surface area contributed by atoms with Crippen molar-refractivity contribution in [2.24, 2.45) is 0 Å². The van der Waals surface area contributed by atoms with Crippen LogP contribution < -0.4 is 9.80 Å². The van der Waals surface area contributed by atoms with Crippen molar-refractivity contribution in [3.05, 3.63) is 36.5 Å². The quantitative estimate of drug-likeness (QED) is 0.689. The maximum Gasteiger partial charge on any atom is 0.453 e. The molecular weight excluding hydrogens is 337 g/mol. The van der Waals surface area contributed by atoms with Gasteiger partial charge < -0.3 is 9.80 Å². The minimum Gasteiger partial charge on any atom is -0.352 e. The van der Waals surface area contributed by atoms with Crippen molar-refractivity contribution in [3.8, 4) is 0 Å². The number of rotatable bonds is 2. The van der Waals surface area contributed by atoms with E-state index in [1.54, 1.807) is 24.7 Å². The van der Waals surface area contributed by atoms with Gasteiger partial charge in [-0.2, -0.15) is 17.7 Å². The van der Waals surface area contributed by atoms with Crippen molar-refractivity contribution >= 4 is 17.3 Å². The largest absolute Gasteiger partial charge is 0.453 e. The number of fused-ring (bicyclic) bond motifs is 1. The first-order valence-electron chi connectivity index (χ1n) is 7.58. The third-order valence-electron chi connectivity index (χ3n) is 3.98. The van der Waals surface area contributed by atoms with Crippen molar-refractivity contribution in [1.29, 1.82) is 0 Å². The van der Waals surface area contributed by atoms with Gasteiger partial charge in [-0.05, 0) is 12.1 Å². The lowest BCUT2D eigenvalue weighted by atomic mass is 10.3. The number of alkyl halides is 3. The van der Waals surface area contributed by atoms with E-state index in [0.29, 0.717) is 32.0 Å². The number of anilines is 2.